The fraction of sp³-hybridized carbons (Fsp3) is 0.429. The average molecular weight is 260 g/mol. The Labute approximate surface area is 111 Å². The zero-order chi connectivity index (χ0) is 13.1. The minimum atomic E-state index is 0.0116. The van der Waals surface area contributed by atoms with Gasteiger partial charge in [0.25, 0.3) is 0 Å². The van der Waals surface area contributed by atoms with Crippen molar-refractivity contribution >= 4 is 6.29 Å². The second-order valence-corrected chi connectivity index (χ2v) is 4.83. The molecule has 0 aliphatic carbocycles. The fourth-order valence-corrected chi connectivity index (χ4v) is 2.50. The predicted octanol–water partition coefficient (Wildman–Crippen LogP) is 2.49. The maximum atomic E-state index is 11.1. The molecule has 5 heteroatoms. The maximum Gasteiger partial charge on any atom is 0.202 e. The summed E-state index contributed by atoms with van der Waals surface area (Å²) in [6.45, 7) is 1.58. The molecule has 0 amide bonds. The van der Waals surface area contributed by atoms with Crippen molar-refractivity contribution in [2.75, 3.05) is 6.54 Å². The number of hydrogen-bond acceptors (Lipinski definition) is 5. The van der Waals surface area contributed by atoms with Gasteiger partial charge in [-0.15, -0.1) is 0 Å². The Balaban J connectivity index is 1.71. The van der Waals surface area contributed by atoms with Crippen molar-refractivity contribution < 1.29 is 13.7 Å². The number of carbonyl (C=O) groups is 1. The van der Waals surface area contributed by atoms with Crippen LogP contribution in [0.5, 0.6) is 0 Å². The SMILES string of the molecule is O=CC1CCCCN1Cc1cc(-c2ccco2)on1. The van der Waals surface area contributed by atoms with Crippen molar-refractivity contribution in [2.45, 2.75) is 31.8 Å². The molecule has 1 aliphatic heterocycles. The third kappa shape index (κ3) is 2.61. The molecule has 0 saturated carbocycles. The molecule has 0 spiro atoms. The van der Waals surface area contributed by atoms with Gasteiger partial charge in [-0.05, 0) is 31.5 Å². The Morgan fingerprint density at radius 3 is 3.16 bits per heavy atom. The second-order valence-electron chi connectivity index (χ2n) is 4.83. The number of aromatic nitrogens is 1. The van der Waals surface area contributed by atoms with E-state index in [4.69, 9.17) is 8.94 Å². The smallest absolute Gasteiger partial charge is 0.202 e. The minimum absolute atomic E-state index is 0.0116. The van der Waals surface area contributed by atoms with Crippen molar-refractivity contribution in [1.29, 1.82) is 0 Å². The van der Waals surface area contributed by atoms with Crippen LogP contribution in [0, 0.1) is 0 Å². The summed E-state index contributed by atoms with van der Waals surface area (Å²) >= 11 is 0. The second kappa shape index (κ2) is 5.40. The van der Waals surface area contributed by atoms with Crippen molar-refractivity contribution in [2.24, 2.45) is 0 Å². The third-order valence-electron chi connectivity index (χ3n) is 3.51. The molecule has 1 saturated heterocycles. The van der Waals surface area contributed by atoms with Gasteiger partial charge in [-0.1, -0.05) is 11.6 Å². The van der Waals surface area contributed by atoms with Gasteiger partial charge in [0, 0.05) is 12.6 Å². The van der Waals surface area contributed by atoms with Crippen LogP contribution >= 0.6 is 0 Å². The van der Waals surface area contributed by atoms with Gasteiger partial charge >= 0.3 is 0 Å². The van der Waals surface area contributed by atoms with Crippen LogP contribution in [-0.2, 0) is 11.3 Å². The first kappa shape index (κ1) is 12.2. The summed E-state index contributed by atoms with van der Waals surface area (Å²) in [7, 11) is 0. The van der Waals surface area contributed by atoms with Crippen LogP contribution in [0.1, 0.15) is 25.0 Å². The molecule has 0 radical (unpaired) electrons. The van der Waals surface area contributed by atoms with Crippen LogP contribution in [0.15, 0.2) is 33.4 Å². The molecule has 1 unspecified atom stereocenters. The summed E-state index contributed by atoms with van der Waals surface area (Å²) in [4.78, 5) is 13.2. The quantitative estimate of drug-likeness (QED) is 0.790. The number of nitrogens with zero attached hydrogens (tertiary/aromatic N) is 2. The van der Waals surface area contributed by atoms with E-state index in [1.165, 1.54) is 0 Å². The number of carbonyl (C=O) groups excluding carboxylic acids is 1. The Morgan fingerprint density at radius 1 is 1.42 bits per heavy atom. The van der Waals surface area contributed by atoms with Crippen LogP contribution < -0.4 is 0 Å². The lowest BCUT2D eigenvalue weighted by Crippen LogP contribution is -2.39. The van der Waals surface area contributed by atoms with Gasteiger partial charge in [0.05, 0.1) is 18.0 Å². The number of furan rings is 1. The van der Waals surface area contributed by atoms with E-state index >= 15 is 0 Å². The zero-order valence-corrected chi connectivity index (χ0v) is 10.6. The molecule has 3 heterocycles. The van der Waals surface area contributed by atoms with Crippen LogP contribution in [0.4, 0.5) is 0 Å². The Hall–Kier alpha value is -1.88. The van der Waals surface area contributed by atoms with E-state index in [2.05, 4.69) is 10.1 Å². The van der Waals surface area contributed by atoms with Crippen LogP contribution in [0.25, 0.3) is 11.5 Å². The van der Waals surface area contributed by atoms with Gasteiger partial charge in [-0.2, -0.15) is 0 Å². The number of aldehydes is 1. The van der Waals surface area contributed by atoms with Gasteiger partial charge in [-0.25, -0.2) is 0 Å². The monoisotopic (exact) mass is 260 g/mol. The van der Waals surface area contributed by atoms with E-state index in [0.29, 0.717) is 18.1 Å². The summed E-state index contributed by atoms with van der Waals surface area (Å²) < 4.78 is 10.5. The first-order valence-corrected chi connectivity index (χ1v) is 6.55. The minimum Gasteiger partial charge on any atom is -0.461 e. The summed E-state index contributed by atoms with van der Waals surface area (Å²) in [6.07, 6.45) is 5.83. The normalized spacial score (nSPS) is 20.5. The summed E-state index contributed by atoms with van der Waals surface area (Å²) in [5, 5.41) is 4.04. The maximum absolute atomic E-state index is 11.1. The molecule has 19 heavy (non-hydrogen) atoms. The standard InChI is InChI=1S/C14H16N2O3/c17-10-12-4-1-2-6-16(12)9-11-8-14(19-15-11)13-5-3-7-18-13/h3,5,7-8,10,12H,1-2,4,6,9H2. The fourth-order valence-electron chi connectivity index (χ4n) is 2.50. The molecule has 2 aromatic rings. The lowest BCUT2D eigenvalue weighted by molar-refractivity contribution is -0.113. The summed E-state index contributed by atoms with van der Waals surface area (Å²) in [6, 6.07) is 5.52. The van der Waals surface area contributed by atoms with Gasteiger partial charge in [-0.3, -0.25) is 4.90 Å². The number of likely N-dealkylation sites (tertiary alicyclic amines) is 1. The highest BCUT2D eigenvalue weighted by molar-refractivity contribution is 5.57. The number of hydrogen-bond donors (Lipinski definition) is 0. The zero-order valence-electron chi connectivity index (χ0n) is 10.6. The molecule has 3 rings (SSSR count). The largest absolute Gasteiger partial charge is 0.461 e. The molecule has 2 aromatic heterocycles. The van der Waals surface area contributed by atoms with Gasteiger partial charge < -0.3 is 13.7 Å². The molecule has 5 nitrogen and oxygen atoms in total. The van der Waals surface area contributed by atoms with Crippen molar-refractivity contribution in [1.82, 2.24) is 10.1 Å². The van der Waals surface area contributed by atoms with Crippen LogP contribution in [-0.4, -0.2) is 28.9 Å². The highest BCUT2D eigenvalue weighted by Gasteiger charge is 2.23. The highest BCUT2D eigenvalue weighted by atomic mass is 16.5. The summed E-state index contributed by atoms with van der Waals surface area (Å²) in [5.74, 6) is 1.30. The molecular weight excluding hydrogens is 244 g/mol. The van der Waals surface area contributed by atoms with E-state index < -0.39 is 0 Å². The number of rotatable bonds is 4. The van der Waals surface area contributed by atoms with Gasteiger partial charge in [0.2, 0.25) is 5.76 Å². The Kier molecular flexibility index (Phi) is 3.46. The van der Waals surface area contributed by atoms with Crippen molar-refractivity contribution in [3.05, 3.63) is 30.2 Å². The molecule has 1 aliphatic rings. The van der Waals surface area contributed by atoms with Crippen molar-refractivity contribution in [3.8, 4) is 11.5 Å². The van der Waals surface area contributed by atoms with Gasteiger partial charge in [0.1, 0.15) is 6.29 Å². The Bertz CT molecular complexity index is 533. The molecular formula is C14H16N2O3. The highest BCUT2D eigenvalue weighted by Crippen LogP contribution is 2.23. The van der Waals surface area contributed by atoms with Gasteiger partial charge in [0.15, 0.2) is 5.76 Å². The molecule has 0 bridgehead atoms. The lowest BCUT2D eigenvalue weighted by atomic mass is 10.0. The predicted molar refractivity (Wildman–Crippen MR) is 68.3 cm³/mol. The first-order valence-electron chi connectivity index (χ1n) is 6.55. The molecule has 1 atom stereocenters. The van der Waals surface area contributed by atoms with Crippen LogP contribution in [0.3, 0.4) is 0 Å². The number of piperidine rings is 1. The summed E-state index contributed by atoms with van der Waals surface area (Å²) in [5.41, 5.74) is 0.833. The van der Waals surface area contributed by atoms with E-state index in [0.717, 1.165) is 37.8 Å². The van der Waals surface area contributed by atoms with E-state index in [1.807, 2.05) is 18.2 Å². The lowest BCUT2D eigenvalue weighted by Gasteiger charge is -2.31. The molecule has 0 aromatic carbocycles. The third-order valence-corrected chi connectivity index (χ3v) is 3.51. The van der Waals surface area contributed by atoms with Crippen molar-refractivity contribution in [3.63, 3.8) is 0 Å². The van der Waals surface area contributed by atoms with E-state index in [1.54, 1.807) is 6.26 Å². The van der Waals surface area contributed by atoms with E-state index in [9.17, 15) is 4.79 Å². The van der Waals surface area contributed by atoms with Crippen LogP contribution in [0.2, 0.25) is 0 Å². The molecule has 0 N–H and O–H groups in total. The molecule has 1 fully saturated rings. The topological polar surface area (TPSA) is 59.5 Å². The average Bonchev–Trinajstić information content (AvgIpc) is 3.09. The first-order chi connectivity index (χ1) is 9.36. The Morgan fingerprint density at radius 2 is 2.37 bits per heavy atom. The van der Waals surface area contributed by atoms with E-state index in [-0.39, 0.29) is 6.04 Å². The molecule has 100 valence electrons.